The minimum Gasteiger partial charge on any atom is -0.490 e. The van der Waals surface area contributed by atoms with Crippen LogP contribution in [0.15, 0.2) is 47.0 Å². The maximum absolute atomic E-state index is 6.15. The average Bonchev–Trinajstić information content (AvgIpc) is 3.38. The molecule has 1 saturated heterocycles. The molecule has 0 saturated carbocycles. The molecule has 0 amide bonds. The zero-order valence-electron chi connectivity index (χ0n) is 14.6. The number of hydrogen-bond donors (Lipinski definition) is 2. The third kappa shape index (κ3) is 3.15. The predicted octanol–water partition coefficient (Wildman–Crippen LogP) is 2.81. The van der Waals surface area contributed by atoms with Gasteiger partial charge in [-0.15, -0.1) is 10.2 Å². The van der Waals surface area contributed by atoms with E-state index < -0.39 is 0 Å². The molecule has 8 nitrogen and oxygen atoms in total. The second-order valence-electron chi connectivity index (χ2n) is 6.57. The molecule has 0 bridgehead atoms. The van der Waals surface area contributed by atoms with Crippen LogP contribution in [0, 0.1) is 0 Å². The fourth-order valence-electron chi connectivity index (χ4n) is 3.39. The van der Waals surface area contributed by atoms with Crippen molar-refractivity contribution in [2.24, 2.45) is 0 Å². The van der Waals surface area contributed by atoms with Crippen LogP contribution in [0.4, 0.5) is 0 Å². The van der Waals surface area contributed by atoms with Crippen molar-refractivity contribution in [1.29, 1.82) is 0 Å². The molecule has 0 atom stereocenters. The van der Waals surface area contributed by atoms with E-state index in [1.54, 1.807) is 0 Å². The normalized spacial score (nSPS) is 15.3. The fraction of sp³-hybridized carbons (Fsp3) is 0.263. The molecule has 2 aromatic carbocycles. The molecule has 1 fully saturated rings. The minimum absolute atomic E-state index is 0.248. The van der Waals surface area contributed by atoms with Crippen molar-refractivity contribution in [2.75, 3.05) is 13.1 Å². The summed E-state index contributed by atoms with van der Waals surface area (Å²) in [6.07, 6.45) is 2.28. The van der Waals surface area contributed by atoms with E-state index in [1.807, 2.05) is 42.5 Å². The van der Waals surface area contributed by atoms with E-state index in [-0.39, 0.29) is 6.10 Å². The van der Waals surface area contributed by atoms with Gasteiger partial charge in [0.05, 0.1) is 5.39 Å². The molecule has 136 valence electrons. The smallest absolute Gasteiger partial charge is 0.204 e. The zero-order chi connectivity index (χ0) is 18.1. The van der Waals surface area contributed by atoms with Crippen LogP contribution >= 0.6 is 0 Å². The quantitative estimate of drug-likeness (QED) is 0.575. The van der Waals surface area contributed by atoms with Gasteiger partial charge in [0, 0.05) is 11.1 Å². The lowest BCUT2D eigenvalue weighted by atomic mass is 10.1. The summed E-state index contributed by atoms with van der Waals surface area (Å²) >= 11 is 0. The molecule has 27 heavy (non-hydrogen) atoms. The minimum atomic E-state index is 0.248. The van der Waals surface area contributed by atoms with Crippen molar-refractivity contribution >= 4 is 10.9 Å². The number of ether oxygens (including phenoxy) is 1. The third-order valence-corrected chi connectivity index (χ3v) is 4.77. The number of aromatic nitrogens is 5. The lowest BCUT2D eigenvalue weighted by Crippen LogP contribution is -2.34. The summed E-state index contributed by atoms with van der Waals surface area (Å²) < 4.78 is 11.8. The van der Waals surface area contributed by atoms with Crippen molar-refractivity contribution in [3.8, 4) is 28.5 Å². The highest BCUT2D eigenvalue weighted by Crippen LogP contribution is 2.33. The van der Waals surface area contributed by atoms with E-state index in [1.165, 1.54) is 0 Å². The summed E-state index contributed by atoms with van der Waals surface area (Å²) in [6, 6.07) is 13.7. The Hall–Kier alpha value is -3.26. The number of aromatic amines is 1. The standard InChI is InChI=1S/C19H18N6O2/c1-2-12(10-15(3-1)26-14-6-8-20-9-7-14)18-16-11-13(19-21-24-25-22-19)4-5-17(16)23-27-18/h1-5,10-11,14,20H,6-9H2,(H,21,22,24,25). The Balaban J connectivity index is 1.49. The number of H-pyrrole nitrogens is 1. The molecule has 0 aliphatic carbocycles. The molecule has 0 spiro atoms. The Morgan fingerprint density at radius 2 is 1.96 bits per heavy atom. The van der Waals surface area contributed by atoms with Crippen molar-refractivity contribution in [3.05, 3.63) is 42.5 Å². The molecule has 2 N–H and O–H groups in total. The lowest BCUT2D eigenvalue weighted by molar-refractivity contribution is 0.162. The van der Waals surface area contributed by atoms with Crippen molar-refractivity contribution < 1.29 is 9.26 Å². The highest BCUT2D eigenvalue weighted by Gasteiger charge is 2.17. The summed E-state index contributed by atoms with van der Waals surface area (Å²) in [5, 5.41) is 22.6. The van der Waals surface area contributed by atoms with Gasteiger partial charge in [0.15, 0.2) is 5.76 Å². The van der Waals surface area contributed by atoms with Gasteiger partial charge in [-0.3, -0.25) is 0 Å². The van der Waals surface area contributed by atoms with Gasteiger partial charge in [0.2, 0.25) is 5.82 Å². The molecule has 8 heteroatoms. The highest BCUT2D eigenvalue weighted by atomic mass is 16.5. The Labute approximate surface area is 154 Å². The monoisotopic (exact) mass is 362 g/mol. The van der Waals surface area contributed by atoms with Gasteiger partial charge >= 0.3 is 0 Å². The van der Waals surface area contributed by atoms with E-state index in [4.69, 9.17) is 9.26 Å². The second-order valence-corrected chi connectivity index (χ2v) is 6.57. The van der Waals surface area contributed by atoms with Crippen LogP contribution in [0.1, 0.15) is 12.8 Å². The molecule has 2 aromatic heterocycles. The highest BCUT2D eigenvalue weighted by molar-refractivity contribution is 5.94. The van der Waals surface area contributed by atoms with Crippen LogP contribution in [0.25, 0.3) is 33.6 Å². The number of piperidine rings is 1. The van der Waals surface area contributed by atoms with E-state index in [9.17, 15) is 0 Å². The Morgan fingerprint density at radius 1 is 1.04 bits per heavy atom. The number of tetrazole rings is 1. The number of benzene rings is 2. The molecule has 1 aliphatic heterocycles. The molecule has 5 rings (SSSR count). The number of rotatable bonds is 4. The largest absolute Gasteiger partial charge is 0.490 e. The van der Waals surface area contributed by atoms with E-state index >= 15 is 0 Å². The number of nitrogens with zero attached hydrogens (tertiary/aromatic N) is 4. The molecule has 1 aliphatic rings. The first-order chi connectivity index (χ1) is 13.4. The van der Waals surface area contributed by atoms with Crippen LogP contribution in [-0.4, -0.2) is 45.0 Å². The fourth-order valence-corrected chi connectivity index (χ4v) is 3.39. The molecule has 0 radical (unpaired) electrons. The molecular weight excluding hydrogens is 344 g/mol. The Kier molecular flexibility index (Phi) is 4.02. The van der Waals surface area contributed by atoms with Crippen molar-refractivity contribution in [3.63, 3.8) is 0 Å². The lowest BCUT2D eigenvalue weighted by Gasteiger charge is -2.23. The maximum atomic E-state index is 6.15. The Bertz CT molecular complexity index is 1050. The summed E-state index contributed by atoms with van der Waals surface area (Å²) in [5.74, 6) is 2.08. The molecule has 0 unspecified atom stereocenters. The van der Waals surface area contributed by atoms with Gasteiger partial charge in [0.25, 0.3) is 0 Å². The zero-order valence-corrected chi connectivity index (χ0v) is 14.6. The third-order valence-electron chi connectivity index (χ3n) is 4.77. The van der Waals surface area contributed by atoms with Crippen LogP contribution in [-0.2, 0) is 0 Å². The summed E-state index contributed by atoms with van der Waals surface area (Å²) in [7, 11) is 0. The van der Waals surface area contributed by atoms with Gasteiger partial charge in [-0.2, -0.15) is 5.21 Å². The first-order valence-corrected chi connectivity index (χ1v) is 8.98. The average molecular weight is 362 g/mol. The predicted molar refractivity (Wildman–Crippen MR) is 99.1 cm³/mol. The van der Waals surface area contributed by atoms with E-state index in [0.29, 0.717) is 11.6 Å². The first-order valence-electron chi connectivity index (χ1n) is 8.98. The van der Waals surface area contributed by atoms with Gasteiger partial charge in [-0.1, -0.05) is 17.3 Å². The van der Waals surface area contributed by atoms with Gasteiger partial charge < -0.3 is 14.6 Å². The molecule has 4 aromatic rings. The van der Waals surface area contributed by atoms with Crippen LogP contribution < -0.4 is 10.1 Å². The van der Waals surface area contributed by atoms with Gasteiger partial charge in [-0.25, -0.2) is 0 Å². The van der Waals surface area contributed by atoms with E-state index in [2.05, 4.69) is 31.1 Å². The van der Waals surface area contributed by atoms with E-state index in [0.717, 1.165) is 53.7 Å². The van der Waals surface area contributed by atoms with Gasteiger partial charge in [0.1, 0.15) is 17.4 Å². The summed E-state index contributed by atoms with van der Waals surface area (Å²) in [5.41, 5.74) is 2.55. The first kappa shape index (κ1) is 16.0. The van der Waals surface area contributed by atoms with Crippen LogP contribution in [0.5, 0.6) is 5.75 Å². The molecular formula is C19H18N6O2. The maximum Gasteiger partial charge on any atom is 0.204 e. The van der Waals surface area contributed by atoms with Gasteiger partial charge in [-0.05, 0) is 61.5 Å². The van der Waals surface area contributed by atoms with Crippen LogP contribution in [0.3, 0.4) is 0 Å². The number of nitrogens with one attached hydrogen (secondary N) is 2. The molecule has 3 heterocycles. The second kappa shape index (κ2) is 6.81. The Morgan fingerprint density at radius 3 is 2.81 bits per heavy atom. The number of hydrogen-bond acceptors (Lipinski definition) is 7. The SMILES string of the molecule is c1cc(OC2CCNCC2)cc(-c2onc3ccc(-c4nn[nH]n4)cc23)c1. The van der Waals surface area contributed by atoms with Crippen molar-refractivity contribution in [2.45, 2.75) is 18.9 Å². The topological polar surface area (TPSA) is 102 Å². The number of fused-ring (bicyclic) bond motifs is 1. The summed E-state index contributed by atoms with van der Waals surface area (Å²) in [6.45, 7) is 1.99. The summed E-state index contributed by atoms with van der Waals surface area (Å²) in [4.78, 5) is 0. The van der Waals surface area contributed by atoms with Crippen molar-refractivity contribution in [1.82, 2.24) is 31.1 Å². The van der Waals surface area contributed by atoms with Crippen LogP contribution in [0.2, 0.25) is 0 Å².